The summed E-state index contributed by atoms with van der Waals surface area (Å²) in [5.74, 6) is 0. The highest BCUT2D eigenvalue weighted by atomic mass is 16.8. The van der Waals surface area contributed by atoms with Crippen LogP contribution in [0.4, 0.5) is 0 Å². The van der Waals surface area contributed by atoms with Gasteiger partial charge in [-0.15, -0.1) is 0 Å². The maximum Gasteiger partial charge on any atom is 0.190 e. The maximum absolute atomic E-state index is 11.6. The van der Waals surface area contributed by atoms with Gasteiger partial charge in [0.15, 0.2) is 25.2 Å². The number of aldehydes is 1. The fraction of sp³-hybridized carbons (Fsp3) is 0.450. The third-order valence-corrected chi connectivity index (χ3v) is 5.13. The van der Waals surface area contributed by atoms with Crippen LogP contribution < -0.4 is 0 Å². The van der Waals surface area contributed by atoms with Crippen molar-refractivity contribution in [2.45, 2.75) is 56.1 Å². The predicted molar refractivity (Wildman–Crippen MR) is 89.9 cm³/mol. The standard InChI is InChI=1S/C20H20O6/c21-11-14-15-16(24-18(22-14)12-7-3-1-4-8-12)17-20(23-15)26-19(25-17)13-9-5-2-6-10-13/h1,3-5,7-11,14-20H,2,6H2. The molecule has 1 aliphatic carbocycles. The van der Waals surface area contributed by atoms with E-state index in [2.05, 4.69) is 12.2 Å². The summed E-state index contributed by atoms with van der Waals surface area (Å²) in [5, 5.41) is 0. The van der Waals surface area contributed by atoms with Gasteiger partial charge in [0.1, 0.15) is 24.4 Å². The van der Waals surface area contributed by atoms with Crippen LogP contribution in [0.3, 0.4) is 0 Å². The second kappa shape index (κ2) is 6.72. The van der Waals surface area contributed by atoms with E-state index in [0.717, 1.165) is 30.3 Å². The Hall–Kier alpha value is -1.83. The highest BCUT2D eigenvalue weighted by Crippen LogP contribution is 2.43. The number of rotatable bonds is 3. The van der Waals surface area contributed by atoms with E-state index in [4.69, 9.17) is 23.7 Å². The van der Waals surface area contributed by atoms with Crippen LogP contribution in [0.2, 0.25) is 0 Å². The van der Waals surface area contributed by atoms with Crippen molar-refractivity contribution in [3.05, 3.63) is 59.7 Å². The molecule has 4 aliphatic rings. The summed E-state index contributed by atoms with van der Waals surface area (Å²) in [6, 6.07) is 9.56. The summed E-state index contributed by atoms with van der Waals surface area (Å²) in [7, 11) is 0. The van der Waals surface area contributed by atoms with Crippen LogP contribution in [0.5, 0.6) is 0 Å². The Labute approximate surface area is 151 Å². The summed E-state index contributed by atoms with van der Waals surface area (Å²) >= 11 is 0. The molecule has 7 atom stereocenters. The van der Waals surface area contributed by atoms with E-state index in [1.165, 1.54) is 0 Å². The second-order valence-corrected chi connectivity index (χ2v) is 6.80. The lowest BCUT2D eigenvalue weighted by Crippen LogP contribution is -2.49. The number of ether oxygens (including phenoxy) is 5. The minimum absolute atomic E-state index is 0.390. The van der Waals surface area contributed by atoms with Gasteiger partial charge in [0.2, 0.25) is 0 Å². The van der Waals surface area contributed by atoms with Crippen molar-refractivity contribution in [3.8, 4) is 0 Å². The molecule has 0 bridgehead atoms. The van der Waals surface area contributed by atoms with Crippen molar-refractivity contribution in [3.63, 3.8) is 0 Å². The minimum Gasteiger partial charge on any atom is -0.340 e. The van der Waals surface area contributed by atoms with E-state index in [1.807, 2.05) is 36.4 Å². The first-order valence-corrected chi connectivity index (χ1v) is 8.97. The Morgan fingerprint density at radius 3 is 2.46 bits per heavy atom. The lowest BCUT2D eigenvalue weighted by Gasteiger charge is -2.37. The highest BCUT2D eigenvalue weighted by Gasteiger charge is 2.58. The molecule has 3 saturated heterocycles. The van der Waals surface area contributed by atoms with Crippen LogP contribution in [0.15, 0.2) is 54.1 Å². The van der Waals surface area contributed by atoms with Crippen molar-refractivity contribution >= 4 is 6.29 Å². The van der Waals surface area contributed by atoms with E-state index >= 15 is 0 Å². The van der Waals surface area contributed by atoms with Gasteiger partial charge in [-0.2, -0.15) is 0 Å². The van der Waals surface area contributed by atoms with Crippen LogP contribution in [0, 0.1) is 0 Å². The van der Waals surface area contributed by atoms with E-state index in [1.54, 1.807) is 0 Å². The number of hydrogen-bond acceptors (Lipinski definition) is 6. The number of hydrogen-bond donors (Lipinski definition) is 0. The van der Waals surface area contributed by atoms with Crippen LogP contribution in [-0.2, 0) is 28.5 Å². The normalized spacial score (nSPS) is 41.4. The molecule has 0 aromatic heterocycles. The molecule has 1 aromatic carbocycles. The van der Waals surface area contributed by atoms with E-state index in [0.29, 0.717) is 0 Å². The Balaban J connectivity index is 1.36. The van der Waals surface area contributed by atoms with Crippen LogP contribution in [0.1, 0.15) is 24.7 Å². The van der Waals surface area contributed by atoms with Gasteiger partial charge >= 0.3 is 0 Å². The molecule has 5 rings (SSSR count). The second-order valence-electron chi connectivity index (χ2n) is 6.80. The van der Waals surface area contributed by atoms with Gasteiger partial charge in [0, 0.05) is 11.1 Å². The smallest absolute Gasteiger partial charge is 0.190 e. The third kappa shape index (κ3) is 2.74. The molecule has 0 spiro atoms. The molecule has 6 heteroatoms. The molecule has 26 heavy (non-hydrogen) atoms. The van der Waals surface area contributed by atoms with Crippen LogP contribution >= 0.6 is 0 Å². The lowest BCUT2D eigenvalue weighted by molar-refractivity contribution is -0.289. The van der Waals surface area contributed by atoms with E-state index in [9.17, 15) is 4.79 Å². The molecular formula is C20H20O6. The fourth-order valence-electron chi connectivity index (χ4n) is 3.86. The molecule has 3 fully saturated rings. The number of carbonyl (C=O) groups is 1. The average Bonchev–Trinajstić information content (AvgIpc) is 3.27. The van der Waals surface area contributed by atoms with Crippen molar-refractivity contribution < 1.29 is 28.5 Å². The summed E-state index contributed by atoms with van der Waals surface area (Å²) in [5.41, 5.74) is 1.86. The monoisotopic (exact) mass is 356 g/mol. The van der Waals surface area contributed by atoms with Crippen LogP contribution in [-0.4, -0.2) is 43.3 Å². The molecule has 136 valence electrons. The summed E-state index contributed by atoms with van der Waals surface area (Å²) < 4.78 is 29.9. The molecule has 7 unspecified atom stereocenters. The topological polar surface area (TPSA) is 63.2 Å². The zero-order valence-corrected chi connectivity index (χ0v) is 14.1. The Bertz CT molecular complexity index is 729. The summed E-state index contributed by atoms with van der Waals surface area (Å²) in [4.78, 5) is 11.6. The zero-order chi connectivity index (χ0) is 17.5. The molecule has 0 amide bonds. The van der Waals surface area contributed by atoms with Crippen molar-refractivity contribution in [2.24, 2.45) is 0 Å². The zero-order valence-electron chi connectivity index (χ0n) is 14.1. The van der Waals surface area contributed by atoms with Gasteiger partial charge in [-0.3, -0.25) is 0 Å². The molecule has 1 aromatic rings. The minimum atomic E-state index is -0.719. The molecule has 3 aliphatic heterocycles. The third-order valence-electron chi connectivity index (χ3n) is 5.13. The first-order valence-electron chi connectivity index (χ1n) is 8.97. The Morgan fingerprint density at radius 2 is 1.69 bits per heavy atom. The fourth-order valence-corrected chi connectivity index (χ4v) is 3.86. The van der Waals surface area contributed by atoms with Crippen molar-refractivity contribution in [2.75, 3.05) is 0 Å². The Morgan fingerprint density at radius 1 is 0.846 bits per heavy atom. The van der Waals surface area contributed by atoms with Gasteiger partial charge in [0.25, 0.3) is 0 Å². The average molecular weight is 356 g/mol. The van der Waals surface area contributed by atoms with E-state index in [-0.39, 0.29) is 0 Å². The largest absolute Gasteiger partial charge is 0.340 e. The number of carbonyl (C=O) groups excluding carboxylic acids is 1. The molecule has 3 heterocycles. The van der Waals surface area contributed by atoms with Gasteiger partial charge < -0.3 is 28.5 Å². The maximum atomic E-state index is 11.6. The number of allylic oxidation sites excluding steroid dienone is 2. The van der Waals surface area contributed by atoms with E-state index < -0.39 is 43.3 Å². The molecule has 6 nitrogen and oxygen atoms in total. The summed E-state index contributed by atoms with van der Waals surface area (Å²) in [6.45, 7) is 0. The number of fused-ring (bicyclic) bond motifs is 3. The SMILES string of the molecule is O=CC1OC(c2ccccc2)OC2C1OC1OC(C3=CCCC=C3)OC12. The first-order chi connectivity index (χ1) is 12.8. The highest BCUT2D eigenvalue weighted by molar-refractivity contribution is 5.58. The lowest BCUT2D eigenvalue weighted by atomic mass is 10.0. The number of benzene rings is 1. The predicted octanol–water partition coefficient (Wildman–Crippen LogP) is 2.41. The summed E-state index contributed by atoms with van der Waals surface area (Å²) in [6.07, 6.45) is 5.31. The molecule has 0 N–H and O–H groups in total. The quantitative estimate of drug-likeness (QED) is 0.775. The van der Waals surface area contributed by atoms with Gasteiger partial charge in [-0.25, -0.2) is 0 Å². The van der Waals surface area contributed by atoms with Crippen molar-refractivity contribution in [1.29, 1.82) is 0 Å². The van der Waals surface area contributed by atoms with Gasteiger partial charge in [0.05, 0.1) is 0 Å². The first kappa shape index (κ1) is 16.4. The van der Waals surface area contributed by atoms with Crippen LogP contribution in [0.25, 0.3) is 0 Å². The van der Waals surface area contributed by atoms with Gasteiger partial charge in [-0.05, 0) is 12.8 Å². The van der Waals surface area contributed by atoms with Gasteiger partial charge in [-0.1, -0.05) is 48.6 Å². The Kier molecular flexibility index (Phi) is 4.23. The van der Waals surface area contributed by atoms with Crippen molar-refractivity contribution in [1.82, 2.24) is 0 Å². The molecule has 0 radical (unpaired) electrons. The molecular weight excluding hydrogens is 336 g/mol. The molecule has 0 saturated carbocycles.